The Morgan fingerprint density at radius 2 is 1.59 bits per heavy atom. The molecule has 0 saturated heterocycles. The van der Waals surface area contributed by atoms with E-state index in [0.717, 1.165) is 37.2 Å². The lowest BCUT2D eigenvalue weighted by molar-refractivity contribution is 0.601. The molecular formula is C22H32N2O2S. The highest BCUT2D eigenvalue weighted by molar-refractivity contribution is 7.92. The first-order chi connectivity index (χ1) is 12.9. The standard InChI is InChI=1S/C22H32N2O2S/c1-5-8-9-10-19-11-14-21(15-12-19)27(25,26)23-22-16-13-20(17-18(22)4)24(6-2)7-3/h11-17,23H,5-10H2,1-4H3. The molecule has 148 valence electrons. The van der Waals surface area contributed by atoms with Crippen LogP contribution in [0.3, 0.4) is 0 Å². The maximum absolute atomic E-state index is 12.7. The summed E-state index contributed by atoms with van der Waals surface area (Å²) in [6.07, 6.45) is 4.51. The second-order valence-corrected chi connectivity index (χ2v) is 8.56. The number of rotatable bonds is 10. The third kappa shape index (κ3) is 5.73. The molecule has 5 heteroatoms. The molecule has 1 N–H and O–H groups in total. The van der Waals surface area contributed by atoms with Gasteiger partial charge in [-0.3, -0.25) is 4.72 Å². The fourth-order valence-electron chi connectivity index (χ4n) is 3.17. The van der Waals surface area contributed by atoms with E-state index in [1.165, 1.54) is 18.4 Å². The molecule has 0 heterocycles. The SMILES string of the molecule is CCCCCc1ccc(S(=O)(=O)Nc2ccc(N(CC)CC)cc2C)cc1. The largest absolute Gasteiger partial charge is 0.372 e. The van der Waals surface area contributed by atoms with E-state index < -0.39 is 10.0 Å². The highest BCUT2D eigenvalue weighted by Gasteiger charge is 2.16. The van der Waals surface area contributed by atoms with E-state index in [-0.39, 0.29) is 0 Å². The van der Waals surface area contributed by atoms with Gasteiger partial charge in [-0.25, -0.2) is 8.42 Å². The minimum atomic E-state index is -3.59. The topological polar surface area (TPSA) is 49.4 Å². The molecule has 2 aromatic carbocycles. The van der Waals surface area contributed by atoms with E-state index in [2.05, 4.69) is 30.4 Å². The number of hydrogen-bond donors (Lipinski definition) is 1. The molecule has 0 aliphatic carbocycles. The van der Waals surface area contributed by atoms with Gasteiger partial charge in [0.2, 0.25) is 0 Å². The van der Waals surface area contributed by atoms with Crippen molar-refractivity contribution in [2.24, 2.45) is 0 Å². The molecule has 0 amide bonds. The van der Waals surface area contributed by atoms with Crippen LogP contribution in [0.25, 0.3) is 0 Å². The zero-order valence-corrected chi connectivity index (χ0v) is 17.8. The number of anilines is 2. The zero-order chi connectivity index (χ0) is 19.9. The van der Waals surface area contributed by atoms with Crippen molar-refractivity contribution in [1.29, 1.82) is 0 Å². The van der Waals surface area contributed by atoms with Crippen molar-refractivity contribution >= 4 is 21.4 Å². The van der Waals surface area contributed by atoms with Crippen LogP contribution in [0, 0.1) is 6.92 Å². The molecule has 4 nitrogen and oxygen atoms in total. The molecule has 0 bridgehead atoms. The van der Waals surface area contributed by atoms with Crippen molar-refractivity contribution in [3.63, 3.8) is 0 Å². The summed E-state index contributed by atoms with van der Waals surface area (Å²) in [4.78, 5) is 2.54. The lowest BCUT2D eigenvalue weighted by Gasteiger charge is -2.22. The second-order valence-electron chi connectivity index (χ2n) is 6.88. The Balaban J connectivity index is 2.13. The summed E-state index contributed by atoms with van der Waals surface area (Å²) in [6.45, 7) is 10.2. The van der Waals surface area contributed by atoms with Crippen molar-refractivity contribution in [3.05, 3.63) is 53.6 Å². The molecule has 2 rings (SSSR count). The first kappa shape index (κ1) is 21.3. The van der Waals surface area contributed by atoms with E-state index >= 15 is 0 Å². The van der Waals surface area contributed by atoms with Crippen LogP contribution in [0.5, 0.6) is 0 Å². The second kappa shape index (κ2) is 9.79. The maximum Gasteiger partial charge on any atom is 0.261 e. The van der Waals surface area contributed by atoms with Crippen LogP contribution >= 0.6 is 0 Å². The van der Waals surface area contributed by atoms with E-state index in [0.29, 0.717) is 10.6 Å². The summed E-state index contributed by atoms with van der Waals surface area (Å²) in [5.74, 6) is 0. The smallest absolute Gasteiger partial charge is 0.261 e. The molecular weight excluding hydrogens is 356 g/mol. The Morgan fingerprint density at radius 3 is 2.15 bits per heavy atom. The third-order valence-corrected chi connectivity index (χ3v) is 6.27. The molecule has 0 atom stereocenters. The van der Waals surface area contributed by atoms with Gasteiger partial charge in [0.25, 0.3) is 10.0 Å². The van der Waals surface area contributed by atoms with Crippen molar-refractivity contribution in [1.82, 2.24) is 0 Å². The van der Waals surface area contributed by atoms with Gasteiger partial charge in [0.15, 0.2) is 0 Å². The fourth-order valence-corrected chi connectivity index (χ4v) is 4.30. The molecule has 0 unspecified atom stereocenters. The first-order valence-electron chi connectivity index (χ1n) is 9.88. The van der Waals surface area contributed by atoms with Gasteiger partial charge in [0.05, 0.1) is 10.6 Å². The number of unbranched alkanes of at least 4 members (excludes halogenated alkanes) is 2. The Kier molecular flexibility index (Phi) is 7.72. The monoisotopic (exact) mass is 388 g/mol. The molecule has 0 fully saturated rings. The van der Waals surface area contributed by atoms with Gasteiger partial charge in [0, 0.05) is 18.8 Å². The molecule has 0 radical (unpaired) electrons. The van der Waals surface area contributed by atoms with E-state index in [9.17, 15) is 8.42 Å². The van der Waals surface area contributed by atoms with Crippen LogP contribution in [-0.4, -0.2) is 21.5 Å². The number of sulfonamides is 1. The number of hydrogen-bond acceptors (Lipinski definition) is 3. The van der Waals surface area contributed by atoms with Crippen molar-refractivity contribution in [3.8, 4) is 0 Å². The van der Waals surface area contributed by atoms with Crippen molar-refractivity contribution in [2.45, 2.75) is 58.3 Å². The molecule has 0 aromatic heterocycles. The highest BCUT2D eigenvalue weighted by Crippen LogP contribution is 2.25. The Hall–Kier alpha value is -2.01. The van der Waals surface area contributed by atoms with Crippen LogP contribution in [0.4, 0.5) is 11.4 Å². The van der Waals surface area contributed by atoms with E-state index in [1.807, 2.05) is 37.3 Å². The Bertz CT molecular complexity index is 826. The highest BCUT2D eigenvalue weighted by atomic mass is 32.2. The first-order valence-corrected chi connectivity index (χ1v) is 11.4. The summed E-state index contributed by atoms with van der Waals surface area (Å²) in [6, 6.07) is 13.1. The third-order valence-electron chi connectivity index (χ3n) is 4.89. The zero-order valence-electron chi connectivity index (χ0n) is 17.0. The van der Waals surface area contributed by atoms with Gasteiger partial charge >= 0.3 is 0 Å². The van der Waals surface area contributed by atoms with Gasteiger partial charge in [-0.05, 0) is 75.1 Å². The molecule has 27 heavy (non-hydrogen) atoms. The van der Waals surface area contributed by atoms with Gasteiger partial charge in [-0.15, -0.1) is 0 Å². The maximum atomic E-state index is 12.7. The predicted molar refractivity (Wildman–Crippen MR) is 115 cm³/mol. The minimum absolute atomic E-state index is 0.300. The number of benzene rings is 2. The van der Waals surface area contributed by atoms with Crippen LogP contribution in [0.1, 0.15) is 51.2 Å². The molecule has 0 saturated carbocycles. The normalized spacial score (nSPS) is 11.4. The number of aryl methyl sites for hydroxylation is 2. The molecule has 0 aliphatic rings. The van der Waals surface area contributed by atoms with E-state index in [1.54, 1.807) is 12.1 Å². The fraction of sp³-hybridized carbons (Fsp3) is 0.455. The minimum Gasteiger partial charge on any atom is -0.372 e. The van der Waals surface area contributed by atoms with Crippen LogP contribution in [-0.2, 0) is 16.4 Å². The van der Waals surface area contributed by atoms with Crippen molar-refractivity contribution < 1.29 is 8.42 Å². The van der Waals surface area contributed by atoms with Gasteiger partial charge in [0.1, 0.15) is 0 Å². The summed E-state index contributed by atoms with van der Waals surface area (Å²) in [5.41, 5.74) is 3.83. The summed E-state index contributed by atoms with van der Waals surface area (Å²) >= 11 is 0. The quantitative estimate of drug-likeness (QED) is 0.556. The average molecular weight is 389 g/mol. The van der Waals surface area contributed by atoms with E-state index in [4.69, 9.17) is 0 Å². The Morgan fingerprint density at radius 1 is 0.926 bits per heavy atom. The molecule has 2 aromatic rings. The summed E-state index contributed by atoms with van der Waals surface area (Å²) < 4.78 is 28.2. The van der Waals surface area contributed by atoms with Gasteiger partial charge in [-0.2, -0.15) is 0 Å². The molecule has 0 aliphatic heterocycles. The van der Waals surface area contributed by atoms with Crippen LogP contribution < -0.4 is 9.62 Å². The molecule has 0 spiro atoms. The van der Waals surface area contributed by atoms with Gasteiger partial charge in [-0.1, -0.05) is 31.9 Å². The predicted octanol–water partition coefficient (Wildman–Crippen LogP) is 5.37. The Labute approximate surface area is 164 Å². The average Bonchev–Trinajstić information content (AvgIpc) is 2.65. The number of nitrogens with one attached hydrogen (secondary N) is 1. The lowest BCUT2D eigenvalue weighted by Crippen LogP contribution is -2.22. The summed E-state index contributed by atoms with van der Waals surface area (Å²) in [7, 11) is -3.59. The summed E-state index contributed by atoms with van der Waals surface area (Å²) in [5, 5.41) is 0. The van der Waals surface area contributed by atoms with Gasteiger partial charge < -0.3 is 4.90 Å². The van der Waals surface area contributed by atoms with Crippen LogP contribution in [0.2, 0.25) is 0 Å². The van der Waals surface area contributed by atoms with Crippen molar-refractivity contribution in [2.75, 3.05) is 22.7 Å². The van der Waals surface area contributed by atoms with Crippen LogP contribution in [0.15, 0.2) is 47.4 Å². The number of nitrogens with zero attached hydrogens (tertiary/aromatic N) is 1. The lowest BCUT2D eigenvalue weighted by atomic mass is 10.1.